The molecule has 0 saturated heterocycles. The number of aromatic nitrogens is 2. The molecule has 1 fully saturated rings. The Balaban J connectivity index is 1.30. The molecule has 1 saturated carbocycles. The van der Waals surface area contributed by atoms with Crippen LogP contribution in [0.5, 0.6) is 0 Å². The number of hydrogen-bond acceptors (Lipinski definition) is 4. The molecule has 36 heavy (non-hydrogen) atoms. The molecular weight excluding hydrogens is 520 g/mol. The van der Waals surface area contributed by atoms with Crippen molar-refractivity contribution in [1.29, 1.82) is 0 Å². The van der Waals surface area contributed by atoms with Gasteiger partial charge in [0.25, 0.3) is 11.8 Å². The summed E-state index contributed by atoms with van der Waals surface area (Å²) in [6.07, 6.45) is 8.45. The molecule has 1 aromatic carbocycles. The summed E-state index contributed by atoms with van der Waals surface area (Å²) in [6.45, 7) is 4.75. The molecular formula is C28H31BrN4O3. The lowest BCUT2D eigenvalue weighted by Gasteiger charge is -2.31. The van der Waals surface area contributed by atoms with Crippen molar-refractivity contribution in [3.05, 3.63) is 52.8 Å². The zero-order valence-electron chi connectivity index (χ0n) is 20.6. The number of imide groups is 1. The van der Waals surface area contributed by atoms with Crippen molar-refractivity contribution in [1.82, 2.24) is 20.2 Å². The number of fused-ring (bicyclic) bond motifs is 3. The smallest absolute Gasteiger partial charge is 0.253 e. The first-order valence-corrected chi connectivity index (χ1v) is 13.5. The number of nitrogens with zero attached hydrogens (tertiary/aromatic N) is 2. The van der Waals surface area contributed by atoms with Gasteiger partial charge in [0.2, 0.25) is 5.91 Å². The molecule has 1 atom stereocenters. The quantitative estimate of drug-likeness (QED) is 0.384. The number of hydrogen-bond donors (Lipinski definition) is 2. The minimum atomic E-state index is -0.234. The van der Waals surface area contributed by atoms with Crippen molar-refractivity contribution < 1.29 is 14.4 Å². The summed E-state index contributed by atoms with van der Waals surface area (Å²) in [5.41, 5.74) is 2.87. The van der Waals surface area contributed by atoms with Crippen LogP contribution in [0.1, 0.15) is 57.7 Å². The molecule has 2 N–H and O–H groups in total. The topological polar surface area (TPSA) is 95.2 Å². The Morgan fingerprint density at radius 3 is 2.53 bits per heavy atom. The van der Waals surface area contributed by atoms with Gasteiger partial charge in [0.15, 0.2) is 0 Å². The number of halogens is 1. The monoisotopic (exact) mass is 550 g/mol. The fourth-order valence-electron chi connectivity index (χ4n) is 5.56. The van der Waals surface area contributed by atoms with Crippen LogP contribution in [0.15, 0.2) is 47.1 Å². The van der Waals surface area contributed by atoms with Gasteiger partial charge < -0.3 is 10.3 Å². The van der Waals surface area contributed by atoms with E-state index in [1.165, 1.54) is 17.1 Å². The minimum Gasteiger partial charge on any atom is -0.353 e. The Kier molecular flexibility index (Phi) is 6.97. The molecule has 0 bridgehead atoms. The van der Waals surface area contributed by atoms with E-state index in [1.54, 1.807) is 0 Å². The summed E-state index contributed by atoms with van der Waals surface area (Å²) in [7, 11) is 0. The number of carbonyl (C=O) groups excluding carboxylic acids is 3. The molecule has 5 rings (SSSR count). The van der Waals surface area contributed by atoms with Crippen LogP contribution >= 0.6 is 15.9 Å². The lowest BCUT2D eigenvalue weighted by Crippen LogP contribution is -2.39. The average molecular weight is 551 g/mol. The highest BCUT2D eigenvalue weighted by Gasteiger charge is 2.32. The number of carbonyl (C=O) groups is 3. The van der Waals surface area contributed by atoms with Crippen molar-refractivity contribution in [2.75, 3.05) is 6.54 Å². The first-order chi connectivity index (χ1) is 17.3. The molecule has 2 aliphatic rings. The maximum atomic E-state index is 13.4. The van der Waals surface area contributed by atoms with E-state index in [0.29, 0.717) is 12.5 Å². The third-order valence-electron chi connectivity index (χ3n) is 7.42. The molecule has 3 aromatic rings. The van der Waals surface area contributed by atoms with Crippen LogP contribution in [-0.2, 0) is 14.4 Å². The lowest BCUT2D eigenvalue weighted by molar-refractivity contribution is -0.138. The SMILES string of the molecule is CC(C)CC(NC(=O)C1CCC(CN2C(=O)C=CC2=O)CC1)c1nccc2c1[nH]c1cc(Br)ccc12. The molecule has 188 valence electrons. The van der Waals surface area contributed by atoms with E-state index in [0.717, 1.165) is 64.1 Å². The molecule has 0 radical (unpaired) electrons. The third kappa shape index (κ3) is 4.96. The Labute approximate surface area is 218 Å². The highest BCUT2D eigenvalue weighted by Crippen LogP contribution is 2.34. The van der Waals surface area contributed by atoms with Gasteiger partial charge in [-0.1, -0.05) is 35.8 Å². The number of aromatic amines is 1. The lowest BCUT2D eigenvalue weighted by atomic mass is 9.81. The van der Waals surface area contributed by atoms with Crippen LogP contribution in [0, 0.1) is 17.8 Å². The van der Waals surface area contributed by atoms with Crippen molar-refractivity contribution >= 4 is 55.5 Å². The van der Waals surface area contributed by atoms with Crippen molar-refractivity contribution in [3.8, 4) is 0 Å². The summed E-state index contributed by atoms with van der Waals surface area (Å²) in [4.78, 5) is 46.7. The van der Waals surface area contributed by atoms with Gasteiger partial charge in [0.05, 0.1) is 17.3 Å². The molecule has 7 nitrogen and oxygen atoms in total. The van der Waals surface area contributed by atoms with Crippen LogP contribution < -0.4 is 5.32 Å². The Morgan fingerprint density at radius 1 is 1.11 bits per heavy atom. The van der Waals surface area contributed by atoms with Gasteiger partial charge in [-0.2, -0.15) is 0 Å². The predicted molar refractivity (Wildman–Crippen MR) is 143 cm³/mol. The molecule has 3 heterocycles. The first-order valence-electron chi connectivity index (χ1n) is 12.7. The van der Waals surface area contributed by atoms with Gasteiger partial charge >= 0.3 is 0 Å². The second-order valence-corrected chi connectivity index (χ2v) is 11.4. The van der Waals surface area contributed by atoms with E-state index in [1.807, 2.05) is 18.3 Å². The maximum Gasteiger partial charge on any atom is 0.253 e. The third-order valence-corrected chi connectivity index (χ3v) is 7.92. The van der Waals surface area contributed by atoms with E-state index < -0.39 is 0 Å². The average Bonchev–Trinajstić information content (AvgIpc) is 3.37. The van der Waals surface area contributed by atoms with Gasteiger partial charge in [-0.15, -0.1) is 0 Å². The van der Waals surface area contributed by atoms with Gasteiger partial charge in [0.1, 0.15) is 0 Å². The number of H-pyrrole nitrogens is 1. The number of rotatable bonds is 7. The van der Waals surface area contributed by atoms with Crippen LogP contribution in [-0.4, -0.2) is 39.1 Å². The van der Waals surface area contributed by atoms with Crippen LogP contribution in [0.2, 0.25) is 0 Å². The molecule has 1 aliphatic carbocycles. The van der Waals surface area contributed by atoms with Gasteiger partial charge in [-0.25, -0.2) is 0 Å². The first kappa shape index (κ1) is 24.7. The van der Waals surface area contributed by atoms with Crippen molar-refractivity contribution in [2.24, 2.45) is 17.8 Å². The van der Waals surface area contributed by atoms with Gasteiger partial charge in [-0.05, 0) is 62.1 Å². The van der Waals surface area contributed by atoms with Crippen LogP contribution in [0.3, 0.4) is 0 Å². The van der Waals surface area contributed by atoms with Crippen LogP contribution in [0.4, 0.5) is 0 Å². The second kappa shape index (κ2) is 10.2. The highest BCUT2D eigenvalue weighted by molar-refractivity contribution is 9.10. The summed E-state index contributed by atoms with van der Waals surface area (Å²) in [6, 6.07) is 8.02. The number of benzene rings is 1. The number of amides is 3. The molecule has 8 heteroatoms. The molecule has 1 aliphatic heterocycles. The summed E-state index contributed by atoms with van der Waals surface area (Å²) in [5.74, 6) is 0.147. The fourth-order valence-corrected chi connectivity index (χ4v) is 5.92. The summed E-state index contributed by atoms with van der Waals surface area (Å²) < 4.78 is 1.01. The molecule has 0 spiro atoms. The van der Waals surface area contributed by atoms with E-state index in [2.05, 4.69) is 52.2 Å². The van der Waals surface area contributed by atoms with Crippen LogP contribution in [0.25, 0.3) is 21.8 Å². The van der Waals surface area contributed by atoms with E-state index in [9.17, 15) is 14.4 Å². The normalized spacial score (nSPS) is 21.2. The van der Waals surface area contributed by atoms with Crippen molar-refractivity contribution in [2.45, 2.75) is 52.0 Å². The standard InChI is InChI=1S/C28H31BrN4O3/c1-16(2)13-23(27-26-21(11-12-30-27)20-8-7-19(29)14-22(20)31-26)32-28(36)18-5-3-17(4-6-18)15-33-24(34)9-10-25(33)35/h7-12,14,16-18,23,31H,3-6,13,15H2,1-2H3,(H,32,36). The van der Waals surface area contributed by atoms with Gasteiger partial charge in [0, 0.05) is 51.6 Å². The molecule has 3 amide bonds. The van der Waals surface area contributed by atoms with E-state index in [4.69, 9.17) is 4.98 Å². The second-order valence-electron chi connectivity index (χ2n) is 10.5. The van der Waals surface area contributed by atoms with E-state index in [-0.39, 0.29) is 35.6 Å². The summed E-state index contributed by atoms with van der Waals surface area (Å²) >= 11 is 3.55. The van der Waals surface area contributed by atoms with E-state index >= 15 is 0 Å². The summed E-state index contributed by atoms with van der Waals surface area (Å²) in [5, 5.41) is 5.56. The zero-order chi connectivity index (χ0) is 25.4. The maximum absolute atomic E-state index is 13.4. The number of nitrogens with one attached hydrogen (secondary N) is 2. The molecule has 2 aromatic heterocycles. The largest absolute Gasteiger partial charge is 0.353 e. The van der Waals surface area contributed by atoms with Gasteiger partial charge in [-0.3, -0.25) is 24.3 Å². The number of pyridine rings is 1. The Hall–Kier alpha value is -3.00. The zero-order valence-corrected chi connectivity index (χ0v) is 22.2. The molecule has 1 unspecified atom stereocenters. The Morgan fingerprint density at radius 2 is 1.83 bits per heavy atom. The highest BCUT2D eigenvalue weighted by atomic mass is 79.9. The minimum absolute atomic E-state index is 0.0618. The fraction of sp³-hybridized carbons (Fsp3) is 0.429. The predicted octanol–water partition coefficient (Wildman–Crippen LogP) is 5.41. The van der Waals surface area contributed by atoms with Crippen molar-refractivity contribution in [3.63, 3.8) is 0 Å². The Bertz CT molecular complexity index is 1340.